The molecule has 1 N–H and O–H groups in total. The van der Waals surface area contributed by atoms with Gasteiger partial charge in [-0.05, 0) is 29.8 Å². The van der Waals surface area contributed by atoms with E-state index in [0.717, 1.165) is 14.3 Å². The molecule has 0 heterocycles. The fraction of sp³-hybridized carbons (Fsp3) is 0.222. The predicted octanol–water partition coefficient (Wildman–Crippen LogP) is 2.24. The lowest BCUT2D eigenvalue weighted by atomic mass is 10.2. The average Bonchev–Trinajstić information content (AvgIpc) is 2.67. The van der Waals surface area contributed by atoms with Crippen LogP contribution in [0.1, 0.15) is 5.56 Å². The minimum Gasteiger partial charge on any atom is -0.497 e. The number of hydrogen-bond acceptors (Lipinski definition) is 6. The fourth-order valence-electron chi connectivity index (χ4n) is 2.24. The summed E-state index contributed by atoms with van der Waals surface area (Å²) >= 11 is 3.34. The lowest BCUT2D eigenvalue weighted by molar-refractivity contribution is -0.121. The molecule has 0 aliphatic carbocycles. The Kier molecular flexibility index (Phi) is 7.55. The molecule has 8 nitrogen and oxygen atoms in total. The first-order valence-electron chi connectivity index (χ1n) is 8.03. The molecule has 0 bridgehead atoms. The summed E-state index contributed by atoms with van der Waals surface area (Å²) in [6.07, 6.45) is 1.46. The van der Waals surface area contributed by atoms with Crippen LogP contribution in [0.15, 0.2) is 56.9 Å². The molecule has 0 saturated carbocycles. The zero-order chi connectivity index (χ0) is 20.7. The molecule has 0 atom stereocenters. The maximum absolute atomic E-state index is 12.8. The molecule has 0 unspecified atom stereocenters. The van der Waals surface area contributed by atoms with Crippen LogP contribution < -0.4 is 14.9 Å². The Morgan fingerprint density at radius 1 is 1.21 bits per heavy atom. The number of hydrogen-bond donors (Lipinski definition) is 1. The third-order valence-corrected chi connectivity index (χ3v) is 5.99. The number of ether oxygens (including phenoxy) is 2. The van der Waals surface area contributed by atoms with Crippen LogP contribution in [0.5, 0.6) is 11.5 Å². The number of likely N-dealkylation sites (N-methyl/N-ethyl adjacent to an activating group) is 1. The lowest BCUT2D eigenvalue weighted by Gasteiger charge is -2.18. The highest BCUT2D eigenvalue weighted by Gasteiger charge is 2.27. The maximum Gasteiger partial charge on any atom is 0.255 e. The molecule has 1 amide bonds. The van der Waals surface area contributed by atoms with Crippen LogP contribution in [-0.2, 0) is 14.8 Å². The van der Waals surface area contributed by atoms with Gasteiger partial charge in [0.25, 0.3) is 5.91 Å². The molecule has 2 rings (SSSR count). The van der Waals surface area contributed by atoms with Gasteiger partial charge in [0.2, 0.25) is 10.0 Å². The van der Waals surface area contributed by atoms with Crippen molar-refractivity contribution in [2.75, 3.05) is 27.8 Å². The molecule has 0 spiro atoms. The largest absolute Gasteiger partial charge is 0.497 e. The van der Waals surface area contributed by atoms with E-state index in [-0.39, 0.29) is 10.6 Å². The van der Waals surface area contributed by atoms with Gasteiger partial charge in [-0.1, -0.05) is 28.1 Å². The Bertz CT molecular complexity index is 979. The summed E-state index contributed by atoms with van der Waals surface area (Å²) in [4.78, 5) is 12.0. The Morgan fingerprint density at radius 3 is 2.61 bits per heavy atom. The fourth-order valence-corrected chi connectivity index (χ4v) is 3.95. The molecule has 0 aliphatic rings. The summed E-state index contributed by atoms with van der Waals surface area (Å²) in [7, 11) is 0.109. The summed E-state index contributed by atoms with van der Waals surface area (Å²) in [5.74, 6) is -0.0734. The van der Waals surface area contributed by atoms with E-state index < -0.39 is 22.5 Å². The molecule has 0 aliphatic heterocycles. The van der Waals surface area contributed by atoms with Crippen molar-refractivity contribution in [3.63, 3.8) is 0 Å². The van der Waals surface area contributed by atoms with Crippen molar-refractivity contribution >= 4 is 38.1 Å². The number of amides is 1. The van der Waals surface area contributed by atoms with Crippen molar-refractivity contribution in [1.29, 1.82) is 0 Å². The molecule has 2 aromatic carbocycles. The van der Waals surface area contributed by atoms with E-state index in [9.17, 15) is 13.2 Å². The zero-order valence-corrected chi connectivity index (χ0v) is 18.0. The number of halogens is 1. The van der Waals surface area contributed by atoms with Crippen LogP contribution in [0.2, 0.25) is 0 Å². The van der Waals surface area contributed by atoms with Crippen molar-refractivity contribution < 1.29 is 22.7 Å². The van der Waals surface area contributed by atoms with Gasteiger partial charge in [0.15, 0.2) is 0 Å². The van der Waals surface area contributed by atoms with Gasteiger partial charge in [-0.3, -0.25) is 4.79 Å². The van der Waals surface area contributed by atoms with Crippen molar-refractivity contribution in [3.8, 4) is 11.5 Å². The standard InChI is InChI=1S/C18H20BrN3O5S/c1-22(12-18(23)21-20-11-13-5-4-6-14(19)9-13)28(24,25)17-10-15(26-2)7-8-16(17)27-3/h4-11H,12H2,1-3H3,(H,21,23)/b20-11+. The molecule has 2 aromatic rings. The highest BCUT2D eigenvalue weighted by molar-refractivity contribution is 9.10. The molecule has 28 heavy (non-hydrogen) atoms. The Hall–Kier alpha value is -2.43. The number of benzene rings is 2. The molecule has 0 saturated heterocycles. The van der Waals surface area contributed by atoms with Crippen molar-refractivity contribution in [2.45, 2.75) is 4.90 Å². The molecular formula is C18H20BrN3O5S. The number of nitrogens with zero attached hydrogens (tertiary/aromatic N) is 2. The van der Waals surface area contributed by atoms with Gasteiger partial charge < -0.3 is 9.47 Å². The van der Waals surface area contributed by atoms with Gasteiger partial charge in [-0.15, -0.1) is 0 Å². The van der Waals surface area contributed by atoms with Crippen LogP contribution in [0, 0.1) is 0 Å². The van der Waals surface area contributed by atoms with Crippen LogP contribution in [0.4, 0.5) is 0 Å². The van der Waals surface area contributed by atoms with Crippen LogP contribution in [0.3, 0.4) is 0 Å². The second kappa shape index (κ2) is 9.67. The monoisotopic (exact) mass is 469 g/mol. The molecular weight excluding hydrogens is 450 g/mol. The van der Waals surface area contributed by atoms with Gasteiger partial charge in [0.1, 0.15) is 16.4 Å². The van der Waals surface area contributed by atoms with Crippen LogP contribution in [-0.4, -0.2) is 52.7 Å². The van der Waals surface area contributed by atoms with Gasteiger partial charge >= 0.3 is 0 Å². The van der Waals surface area contributed by atoms with E-state index in [0.29, 0.717) is 5.75 Å². The number of carbonyl (C=O) groups excluding carboxylic acids is 1. The molecule has 0 aromatic heterocycles. The summed E-state index contributed by atoms with van der Waals surface area (Å²) in [5.41, 5.74) is 3.08. The first kappa shape index (κ1) is 21.9. The van der Waals surface area contributed by atoms with Crippen molar-refractivity contribution in [1.82, 2.24) is 9.73 Å². The summed E-state index contributed by atoms with van der Waals surface area (Å²) in [5, 5.41) is 3.84. The van der Waals surface area contributed by atoms with E-state index in [1.54, 1.807) is 6.07 Å². The minimum atomic E-state index is -3.98. The number of nitrogens with one attached hydrogen (secondary N) is 1. The summed E-state index contributed by atoms with van der Waals surface area (Å²) < 4.78 is 37.6. The molecule has 0 radical (unpaired) electrons. The van der Waals surface area contributed by atoms with E-state index in [1.165, 1.54) is 39.6 Å². The zero-order valence-electron chi connectivity index (χ0n) is 15.5. The van der Waals surface area contributed by atoms with E-state index in [2.05, 4.69) is 26.5 Å². The van der Waals surface area contributed by atoms with Gasteiger partial charge in [-0.25, -0.2) is 13.8 Å². The Labute approximate surface area is 172 Å². The van der Waals surface area contributed by atoms with Gasteiger partial charge in [0, 0.05) is 17.6 Å². The SMILES string of the molecule is COc1ccc(OC)c(S(=O)(=O)N(C)CC(=O)N/N=C/c2cccc(Br)c2)c1. The first-order valence-corrected chi connectivity index (χ1v) is 10.3. The van der Waals surface area contributed by atoms with Gasteiger partial charge in [-0.2, -0.15) is 9.41 Å². The Morgan fingerprint density at radius 2 is 1.96 bits per heavy atom. The highest BCUT2D eigenvalue weighted by Crippen LogP contribution is 2.30. The summed E-state index contributed by atoms with van der Waals surface area (Å²) in [6, 6.07) is 11.7. The topological polar surface area (TPSA) is 97.3 Å². The van der Waals surface area contributed by atoms with Gasteiger partial charge in [0.05, 0.1) is 27.0 Å². The van der Waals surface area contributed by atoms with Crippen molar-refractivity contribution in [2.24, 2.45) is 5.10 Å². The third-order valence-electron chi connectivity index (χ3n) is 3.68. The second-order valence-corrected chi connectivity index (χ2v) is 8.56. The van der Waals surface area contributed by atoms with E-state index in [4.69, 9.17) is 9.47 Å². The third kappa shape index (κ3) is 5.54. The Balaban J connectivity index is 2.08. The average molecular weight is 470 g/mol. The molecule has 150 valence electrons. The predicted molar refractivity (Wildman–Crippen MR) is 109 cm³/mol. The number of rotatable bonds is 8. The summed E-state index contributed by atoms with van der Waals surface area (Å²) in [6.45, 7) is -0.418. The second-order valence-electron chi connectivity index (χ2n) is 5.63. The maximum atomic E-state index is 12.8. The van der Waals surface area contributed by atoms with Crippen LogP contribution >= 0.6 is 15.9 Å². The molecule has 0 fully saturated rings. The highest BCUT2D eigenvalue weighted by atomic mass is 79.9. The lowest BCUT2D eigenvalue weighted by Crippen LogP contribution is -2.36. The quantitative estimate of drug-likeness (QED) is 0.472. The van der Waals surface area contributed by atoms with E-state index in [1.807, 2.05) is 24.3 Å². The number of sulfonamides is 1. The van der Waals surface area contributed by atoms with E-state index >= 15 is 0 Å². The smallest absolute Gasteiger partial charge is 0.255 e. The number of carbonyl (C=O) groups is 1. The normalized spacial score (nSPS) is 11.6. The van der Waals surface area contributed by atoms with Crippen LogP contribution in [0.25, 0.3) is 0 Å². The number of hydrazone groups is 1. The first-order chi connectivity index (χ1) is 13.3. The number of methoxy groups -OCH3 is 2. The molecule has 10 heteroatoms. The minimum absolute atomic E-state index is 0.0951. The van der Waals surface area contributed by atoms with Crippen molar-refractivity contribution in [3.05, 3.63) is 52.5 Å².